The first-order valence-electron chi connectivity index (χ1n) is 6.62. The largest absolute Gasteiger partial charge is 0.344 e. The van der Waals surface area contributed by atoms with Gasteiger partial charge in [-0.25, -0.2) is 4.39 Å². The van der Waals surface area contributed by atoms with Crippen molar-refractivity contribution in [3.8, 4) is 0 Å². The highest BCUT2D eigenvalue weighted by Gasteiger charge is 2.16. The molecule has 9 heteroatoms. The van der Waals surface area contributed by atoms with Gasteiger partial charge in [0.2, 0.25) is 7.37 Å². The maximum Gasteiger partial charge on any atom is 0.294 e. The average molecular weight is 363 g/mol. The molecule has 23 heavy (non-hydrogen) atoms. The number of hydrogen-bond donors (Lipinski definition) is 3. The van der Waals surface area contributed by atoms with Crippen LogP contribution in [-0.2, 0) is 14.7 Å². The van der Waals surface area contributed by atoms with Crippen molar-refractivity contribution in [2.24, 2.45) is 5.73 Å². The summed E-state index contributed by atoms with van der Waals surface area (Å²) in [5.74, 6) is 0. The van der Waals surface area contributed by atoms with E-state index in [2.05, 4.69) is 0 Å². The van der Waals surface area contributed by atoms with Gasteiger partial charge in [-0.3, -0.25) is 9.12 Å². The fraction of sp³-hybridized carbons (Fsp3) is 0.286. The Balaban J connectivity index is 0.000000257. The molecule has 128 valence electrons. The van der Waals surface area contributed by atoms with E-state index in [0.717, 1.165) is 17.4 Å². The van der Waals surface area contributed by atoms with Crippen LogP contribution in [0.5, 0.6) is 0 Å². The molecular formula is C14H19FNO5PS. The Morgan fingerprint density at radius 1 is 1.22 bits per heavy atom. The molecule has 0 aliphatic carbocycles. The normalized spacial score (nSPS) is 15.3. The van der Waals surface area contributed by atoms with Crippen LogP contribution in [-0.4, -0.2) is 43.4 Å². The van der Waals surface area contributed by atoms with Crippen LogP contribution in [0.25, 0.3) is 10.8 Å². The summed E-state index contributed by atoms with van der Waals surface area (Å²) in [6.07, 6.45) is -1.67. The second kappa shape index (κ2) is 7.99. The van der Waals surface area contributed by atoms with E-state index in [-0.39, 0.29) is 17.6 Å². The topological polar surface area (TPSA) is 118 Å². The molecule has 2 rings (SSSR count). The molecule has 0 saturated heterocycles. The van der Waals surface area contributed by atoms with Crippen molar-refractivity contribution in [1.29, 1.82) is 0 Å². The molecule has 2 aromatic carbocycles. The minimum absolute atomic E-state index is 0.0730. The van der Waals surface area contributed by atoms with E-state index in [4.69, 9.17) is 15.2 Å². The van der Waals surface area contributed by atoms with E-state index >= 15 is 0 Å². The van der Waals surface area contributed by atoms with E-state index < -0.39 is 23.7 Å². The Hall–Kier alpha value is -1.31. The number of fused-ring (bicyclic) bond motifs is 1. The number of hydrogen-bond acceptors (Lipinski definition) is 4. The zero-order valence-electron chi connectivity index (χ0n) is 12.5. The summed E-state index contributed by atoms with van der Waals surface area (Å²) in [5.41, 5.74) is 4.87. The Bertz CT molecular complexity index is 806. The smallest absolute Gasteiger partial charge is 0.294 e. The molecule has 0 radical (unpaired) electrons. The quantitative estimate of drug-likeness (QED) is 0.567. The summed E-state index contributed by atoms with van der Waals surface area (Å²) in [6, 6.07) is 11.9. The number of alkyl halides is 1. The fourth-order valence-electron chi connectivity index (χ4n) is 1.77. The van der Waals surface area contributed by atoms with Crippen molar-refractivity contribution in [2.75, 3.05) is 19.4 Å². The summed E-state index contributed by atoms with van der Waals surface area (Å²) in [6.45, 7) is 0.938. The van der Waals surface area contributed by atoms with Crippen LogP contribution < -0.4 is 5.73 Å². The first kappa shape index (κ1) is 19.7. The first-order chi connectivity index (χ1) is 10.5. The van der Waals surface area contributed by atoms with Crippen molar-refractivity contribution in [3.63, 3.8) is 0 Å². The molecule has 6 nitrogen and oxygen atoms in total. The molecule has 0 amide bonds. The van der Waals surface area contributed by atoms with Gasteiger partial charge in [0, 0.05) is 13.2 Å². The highest BCUT2D eigenvalue weighted by molar-refractivity contribution is 7.85. The summed E-state index contributed by atoms with van der Waals surface area (Å²) < 4.78 is 53.1. The third kappa shape index (κ3) is 7.20. The van der Waals surface area contributed by atoms with Gasteiger partial charge in [-0.2, -0.15) is 8.42 Å². The Morgan fingerprint density at radius 2 is 1.78 bits per heavy atom. The number of nitrogens with two attached hydrogens (primary N) is 1. The maximum atomic E-state index is 12.2. The molecule has 4 N–H and O–H groups in total. The summed E-state index contributed by atoms with van der Waals surface area (Å²) >= 11 is 0. The second-order valence-corrected chi connectivity index (χ2v) is 8.94. The lowest BCUT2D eigenvalue weighted by Crippen LogP contribution is -2.18. The molecule has 2 atom stereocenters. The second-order valence-electron chi connectivity index (χ2n) is 5.05. The van der Waals surface area contributed by atoms with E-state index in [9.17, 15) is 17.4 Å². The molecule has 0 aliphatic heterocycles. The Kier molecular flexibility index (Phi) is 6.85. The van der Waals surface area contributed by atoms with Crippen LogP contribution >= 0.6 is 7.37 Å². The van der Waals surface area contributed by atoms with Gasteiger partial charge in [-0.1, -0.05) is 30.3 Å². The van der Waals surface area contributed by atoms with E-state index in [1.54, 1.807) is 12.1 Å². The Morgan fingerprint density at radius 3 is 2.22 bits per heavy atom. The third-order valence-corrected chi connectivity index (χ3v) is 4.73. The predicted octanol–water partition coefficient (Wildman–Crippen LogP) is 2.27. The lowest BCUT2D eigenvalue weighted by molar-refractivity contribution is 0.360. The molecule has 0 saturated carbocycles. The van der Waals surface area contributed by atoms with Crippen molar-refractivity contribution >= 4 is 28.3 Å². The van der Waals surface area contributed by atoms with Crippen LogP contribution in [0.4, 0.5) is 4.39 Å². The van der Waals surface area contributed by atoms with E-state index in [0.29, 0.717) is 0 Å². The predicted molar refractivity (Wildman–Crippen MR) is 88.3 cm³/mol. The number of benzene rings is 2. The standard InChI is InChI=1S/C10H8O3S.C4H11FNO2P/c11-14(12,13)10-6-5-8-3-1-2-4-9(8)7-10;1-9(7,8)3-4(5)2-6/h1-7H,(H,11,12,13);4H,2-3,6H2,1H3,(H,7,8). The summed E-state index contributed by atoms with van der Waals surface area (Å²) in [7, 11) is -7.29. The van der Waals surface area contributed by atoms with Gasteiger partial charge in [0.1, 0.15) is 6.17 Å². The molecule has 0 fully saturated rings. The van der Waals surface area contributed by atoms with Crippen LogP contribution in [0, 0.1) is 0 Å². The van der Waals surface area contributed by atoms with Crippen LogP contribution in [0.15, 0.2) is 47.4 Å². The minimum atomic E-state index is -4.09. The van der Waals surface area contributed by atoms with Gasteiger partial charge in [-0.15, -0.1) is 0 Å². The van der Waals surface area contributed by atoms with Gasteiger partial charge in [0.25, 0.3) is 10.1 Å². The molecule has 0 aromatic heterocycles. The SMILES string of the molecule is CP(=O)(O)CC(F)CN.O=S(=O)(O)c1ccc2ccccc2c1. The fourth-order valence-corrected chi connectivity index (χ4v) is 3.17. The van der Waals surface area contributed by atoms with Gasteiger partial charge in [0.05, 0.1) is 11.1 Å². The summed E-state index contributed by atoms with van der Waals surface area (Å²) in [5, 5.41) is 1.74. The van der Waals surface area contributed by atoms with Gasteiger partial charge in [-0.05, 0) is 22.9 Å². The lowest BCUT2D eigenvalue weighted by Gasteiger charge is -2.06. The van der Waals surface area contributed by atoms with Gasteiger partial charge < -0.3 is 10.6 Å². The monoisotopic (exact) mass is 363 g/mol. The van der Waals surface area contributed by atoms with E-state index in [1.165, 1.54) is 12.1 Å². The molecular weight excluding hydrogens is 344 g/mol. The number of rotatable bonds is 4. The molecule has 0 heterocycles. The van der Waals surface area contributed by atoms with Crippen molar-refractivity contribution in [2.45, 2.75) is 11.1 Å². The van der Waals surface area contributed by atoms with Crippen LogP contribution in [0.3, 0.4) is 0 Å². The molecule has 0 spiro atoms. The molecule has 0 aliphatic rings. The van der Waals surface area contributed by atoms with Crippen molar-refractivity contribution in [3.05, 3.63) is 42.5 Å². The lowest BCUT2D eigenvalue weighted by atomic mass is 10.1. The first-order valence-corrected chi connectivity index (χ1v) is 10.4. The highest BCUT2D eigenvalue weighted by Crippen LogP contribution is 2.36. The van der Waals surface area contributed by atoms with Gasteiger partial charge >= 0.3 is 0 Å². The number of halogens is 1. The molecule has 2 aromatic rings. The third-order valence-electron chi connectivity index (χ3n) is 2.81. The average Bonchev–Trinajstić information content (AvgIpc) is 2.44. The summed E-state index contributed by atoms with van der Waals surface area (Å²) in [4.78, 5) is 8.51. The van der Waals surface area contributed by atoms with Crippen LogP contribution in [0.2, 0.25) is 0 Å². The van der Waals surface area contributed by atoms with Crippen molar-refractivity contribution < 1.29 is 26.8 Å². The zero-order valence-corrected chi connectivity index (χ0v) is 14.2. The highest BCUT2D eigenvalue weighted by atomic mass is 32.2. The molecule has 0 bridgehead atoms. The Labute approximate surface area is 134 Å². The van der Waals surface area contributed by atoms with Crippen LogP contribution in [0.1, 0.15) is 0 Å². The zero-order chi connectivity index (χ0) is 17.7. The van der Waals surface area contributed by atoms with Crippen molar-refractivity contribution in [1.82, 2.24) is 0 Å². The van der Waals surface area contributed by atoms with Gasteiger partial charge in [0.15, 0.2) is 0 Å². The minimum Gasteiger partial charge on any atom is -0.344 e. The van der Waals surface area contributed by atoms with E-state index in [1.807, 2.05) is 18.2 Å². The maximum absolute atomic E-state index is 12.2. The molecule has 2 unspecified atom stereocenters.